The highest BCUT2D eigenvalue weighted by Gasteiger charge is 2.33. The van der Waals surface area contributed by atoms with E-state index in [0.717, 1.165) is 38.5 Å². The van der Waals surface area contributed by atoms with Crippen LogP contribution in [-0.2, 0) is 4.79 Å². The summed E-state index contributed by atoms with van der Waals surface area (Å²) in [6, 6.07) is 0. The van der Waals surface area contributed by atoms with E-state index in [1.165, 1.54) is 0 Å². The van der Waals surface area contributed by atoms with Crippen LogP contribution in [-0.4, -0.2) is 16.6 Å². The van der Waals surface area contributed by atoms with Gasteiger partial charge in [-0.15, -0.1) is 0 Å². The zero-order valence-corrected chi connectivity index (χ0v) is 8.25. The van der Waals surface area contributed by atoms with Crippen LogP contribution < -0.4 is 5.73 Å². The van der Waals surface area contributed by atoms with Gasteiger partial charge in [-0.1, -0.05) is 13.3 Å². The fraction of sp³-hybridized carbons (Fsp3) is 0.900. The van der Waals surface area contributed by atoms with Crippen molar-refractivity contribution >= 4 is 5.97 Å². The van der Waals surface area contributed by atoms with Gasteiger partial charge in [-0.25, -0.2) is 0 Å². The molecule has 1 saturated carbocycles. The molecule has 0 amide bonds. The molecule has 1 fully saturated rings. The van der Waals surface area contributed by atoms with Gasteiger partial charge in [0.15, 0.2) is 0 Å². The summed E-state index contributed by atoms with van der Waals surface area (Å²) in [5.74, 6) is -0.799. The number of hydrogen-bond donors (Lipinski definition) is 2. The van der Waals surface area contributed by atoms with Gasteiger partial charge >= 0.3 is 5.97 Å². The van der Waals surface area contributed by atoms with E-state index in [2.05, 4.69) is 6.92 Å². The maximum Gasteiger partial charge on any atom is 0.306 e. The van der Waals surface area contributed by atoms with Crippen molar-refractivity contribution in [3.8, 4) is 0 Å². The van der Waals surface area contributed by atoms with Crippen molar-refractivity contribution in [1.82, 2.24) is 0 Å². The second kappa shape index (κ2) is 4.09. The Morgan fingerprint density at radius 1 is 1.54 bits per heavy atom. The van der Waals surface area contributed by atoms with Crippen molar-refractivity contribution in [2.24, 2.45) is 11.7 Å². The molecule has 76 valence electrons. The number of nitrogens with two attached hydrogens (primary N) is 1. The molecule has 0 heterocycles. The third-order valence-electron chi connectivity index (χ3n) is 3.08. The Balaban J connectivity index is 2.41. The maximum absolute atomic E-state index is 10.7. The summed E-state index contributed by atoms with van der Waals surface area (Å²) in [5.41, 5.74) is 6.07. The van der Waals surface area contributed by atoms with E-state index in [-0.39, 0.29) is 11.5 Å². The molecule has 0 aromatic rings. The van der Waals surface area contributed by atoms with E-state index in [1.54, 1.807) is 0 Å². The second-order valence-corrected chi connectivity index (χ2v) is 4.22. The molecular formula is C10H19NO2. The van der Waals surface area contributed by atoms with Crippen LogP contribution in [0, 0.1) is 5.92 Å². The van der Waals surface area contributed by atoms with E-state index in [1.807, 2.05) is 0 Å². The molecule has 0 aromatic carbocycles. The number of carboxylic acid groups (broad SMARTS) is 1. The van der Waals surface area contributed by atoms with Crippen molar-refractivity contribution in [1.29, 1.82) is 0 Å². The minimum absolute atomic E-state index is 0.0687. The first-order chi connectivity index (χ1) is 6.07. The SMILES string of the molecule is CCCC1(N)CCC(C(=O)O)CC1. The summed E-state index contributed by atoms with van der Waals surface area (Å²) >= 11 is 0. The molecule has 1 rings (SSSR count). The molecule has 3 nitrogen and oxygen atoms in total. The monoisotopic (exact) mass is 185 g/mol. The molecule has 0 bridgehead atoms. The Hall–Kier alpha value is -0.570. The highest BCUT2D eigenvalue weighted by atomic mass is 16.4. The van der Waals surface area contributed by atoms with Gasteiger partial charge in [-0.2, -0.15) is 0 Å². The predicted molar refractivity (Wildman–Crippen MR) is 51.4 cm³/mol. The number of aliphatic carboxylic acids is 1. The van der Waals surface area contributed by atoms with Crippen LogP contribution in [0.15, 0.2) is 0 Å². The topological polar surface area (TPSA) is 63.3 Å². The fourth-order valence-electron chi connectivity index (χ4n) is 2.19. The van der Waals surface area contributed by atoms with Crippen molar-refractivity contribution in [3.63, 3.8) is 0 Å². The van der Waals surface area contributed by atoms with E-state index in [9.17, 15) is 4.79 Å². The normalized spacial score (nSPS) is 34.5. The molecule has 3 heteroatoms. The van der Waals surface area contributed by atoms with E-state index in [4.69, 9.17) is 10.8 Å². The maximum atomic E-state index is 10.7. The van der Waals surface area contributed by atoms with Crippen LogP contribution in [0.3, 0.4) is 0 Å². The lowest BCUT2D eigenvalue weighted by Crippen LogP contribution is -2.44. The standard InChI is InChI=1S/C10H19NO2/c1-2-5-10(11)6-3-8(4-7-10)9(12)13/h8H,2-7,11H2,1H3,(H,12,13). The van der Waals surface area contributed by atoms with Gasteiger partial charge in [-0.3, -0.25) is 4.79 Å². The molecule has 0 aromatic heterocycles. The Kier molecular flexibility index (Phi) is 3.31. The zero-order valence-electron chi connectivity index (χ0n) is 8.25. The van der Waals surface area contributed by atoms with Crippen LogP contribution in [0.1, 0.15) is 45.4 Å². The number of rotatable bonds is 3. The van der Waals surface area contributed by atoms with Crippen LogP contribution >= 0.6 is 0 Å². The first-order valence-corrected chi connectivity index (χ1v) is 5.09. The van der Waals surface area contributed by atoms with E-state index < -0.39 is 5.97 Å². The third-order valence-corrected chi connectivity index (χ3v) is 3.08. The molecule has 0 atom stereocenters. The molecule has 0 spiro atoms. The van der Waals surface area contributed by atoms with Crippen LogP contribution in [0.2, 0.25) is 0 Å². The van der Waals surface area contributed by atoms with Crippen molar-refractivity contribution in [2.75, 3.05) is 0 Å². The summed E-state index contributed by atoms with van der Waals surface area (Å²) in [6.45, 7) is 2.12. The van der Waals surface area contributed by atoms with Gasteiger partial charge in [0.1, 0.15) is 0 Å². The van der Waals surface area contributed by atoms with Gasteiger partial charge in [0.2, 0.25) is 0 Å². The van der Waals surface area contributed by atoms with Crippen LogP contribution in [0.5, 0.6) is 0 Å². The smallest absolute Gasteiger partial charge is 0.306 e. The molecular weight excluding hydrogens is 166 g/mol. The highest BCUT2D eigenvalue weighted by molar-refractivity contribution is 5.70. The van der Waals surface area contributed by atoms with Crippen molar-refractivity contribution in [2.45, 2.75) is 51.0 Å². The van der Waals surface area contributed by atoms with Gasteiger partial charge < -0.3 is 10.8 Å². The summed E-state index contributed by atoms with van der Waals surface area (Å²) in [5, 5.41) is 8.80. The van der Waals surface area contributed by atoms with Crippen molar-refractivity contribution < 1.29 is 9.90 Å². The van der Waals surface area contributed by atoms with Crippen LogP contribution in [0.25, 0.3) is 0 Å². The second-order valence-electron chi connectivity index (χ2n) is 4.22. The predicted octanol–water partition coefficient (Wildman–Crippen LogP) is 1.76. The summed E-state index contributed by atoms with van der Waals surface area (Å²) in [6.07, 6.45) is 5.38. The first kappa shape index (κ1) is 10.5. The summed E-state index contributed by atoms with van der Waals surface area (Å²) < 4.78 is 0. The summed E-state index contributed by atoms with van der Waals surface area (Å²) in [7, 11) is 0. The van der Waals surface area contributed by atoms with Gasteiger partial charge in [0, 0.05) is 5.54 Å². The molecule has 0 aliphatic heterocycles. The fourth-order valence-corrected chi connectivity index (χ4v) is 2.19. The largest absolute Gasteiger partial charge is 0.481 e. The molecule has 1 aliphatic carbocycles. The number of hydrogen-bond acceptors (Lipinski definition) is 2. The molecule has 1 aliphatic rings. The quantitative estimate of drug-likeness (QED) is 0.704. The Morgan fingerprint density at radius 3 is 2.46 bits per heavy atom. The van der Waals surface area contributed by atoms with Gasteiger partial charge in [0.25, 0.3) is 0 Å². The molecule has 0 saturated heterocycles. The minimum atomic E-state index is -0.654. The van der Waals surface area contributed by atoms with Gasteiger partial charge in [-0.05, 0) is 32.1 Å². The number of carboxylic acids is 1. The third kappa shape index (κ3) is 2.69. The lowest BCUT2D eigenvalue weighted by Gasteiger charge is -2.35. The van der Waals surface area contributed by atoms with Crippen molar-refractivity contribution in [3.05, 3.63) is 0 Å². The van der Waals surface area contributed by atoms with Crippen LogP contribution in [0.4, 0.5) is 0 Å². The molecule has 0 radical (unpaired) electrons. The first-order valence-electron chi connectivity index (χ1n) is 5.09. The average Bonchev–Trinajstić information content (AvgIpc) is 2.05. The molecule has 13 heavy (non-hydrogen) atoms. The average molecular weight is 185 g/mol. The summed E-state index contributed by atoms with van der Waals surface area (Å²) in [4.78, 5) is 10.7. The van der Waals surface area contributed by atoms with E-state index >= 15 is 0 Å². The number of carbonyl (C=O) groups is 1. The Morgan fingerprint density at radius 2 is 2.08 bits per heavy atom. The highest BCUT2D eigenvalue weighted by Crippen LogP contribution is 2.33. The lowest BCUT2D eigenvalue weighted by molar-refractivity contribution is -0.143. The lowest BCUT2D eigenvalue weighted by atomic mass is 9.75. The Bertz CT molecular complexity index is 183. The van der Waals surface area contributed by atoms with Gasteiger partial charge in [0.05, 0.1) is 5.92 Å². The van der Waals surface area contributed by atoms with E-state index in [0.29, 0.717) is 0 Å². The molecule has 3 N–H and O–H groups in total. The minimum Gasteiger partial charge on any atom is -0.481 e. The molecule has 0 unspecified atom stereocenters. The Labute approximate surface area is 79.3 Å². The zero-order chi connectivity index (χ0) is 9.90.